The van der Waals surface area contributed by atoms with Gasteiger partial charge in [0.25, 0.3) is 0 Å². The van der Waals surface area contributed by atoms with Gasteiger partial charge in [0.2, 0.25) is 15.9 Å². The molecule has 0 bridgehead atoms. The summed E-state index contributed by atoms with van der Waals surface area (Å²) < 4.78 is 25.8. The molecule has 5 nitrogen and oxygen atoms in total. The molecule has 1 amide bonds. The van der Waals surface area contributed by atoms with E-state index in [-0.39, 0.29) is 18.9 Å². The van der Waals surface area contributed by atoms with Crippen molar-refractivity contribution in [2.24, 2.45) is 0 Å². The predicted molar refractivity (Wildman–Crippen MR) is 117 cm³/mol. The molecule has 0 fully saturated rings. The van der Waals surface area contributed by atoms with E-state index in [0.29, 0.717) is 28.6 Å². The number of sulfonamides is 1. The highest BCUT2D eigenvalue weighted by Gasteiger charge is 2.20. The molecule has 0 atom stereocenters. The van der Waals surface area contributed by atoms with Crippen molar-refractivity contribution >= 4 is 38.9 Å². The van der Waals surface area contributed by atoms with Gasteiger partial charge in [-0.05, 0) is 54.7 Å². The van der Waals surface area contributed by atoms with Crippen LogP contribution in [0, 0.1) is 6.92 Å². The number of nitrogens with zero attached hydrogens (tertiary/aromatic N) is 1. The highest BCUT2D eigenvalue weighted by atomic mass is 35.5. The maximum absolute atomic E-state index is 12.2. The number of nitrogens with one attached hydrogen (secondary N) is 1. The molecule has 0 spiro atoms. The van der Waals surface area contributed by atoms with Crippen molar-refractivity contribution < 1.29 is 13.2 Å². The van der Waals surface area contributed by atoms with E-state index in [9.17, 15) is 13.2 Å². The van der Waals surface area contributed by atoms with Gasteiger partial charge in [-0.3, -0.25) is 9.10 Å². The summed E-state index contributed by atoms with van der Waals surface area (Å²) in [5, 5.41) is 3.36. The van der Waals surface area contributed by atoms with Crippen LogP contribution in [0.3, 0.4) is 0 Å². The van der Waals surface area contributed by atoms with Gasteiger partial charge in [-0.1, -0.05) is 43.6 Å². The fourth-order valence-electron chi connectivity index (χ4n) is 2.89. The van der Waals surface area contributed by atoms with E-state index in [1.165, 1.54) is 9.87 Å². The quantitative estimate of drug-likeness (QED) is 0.653. The molecular weight excluding hydrogens is 396 g/mol. The van der Waals surface area contributed by atoms with Crippen LogP contribution in [0.1, 0.15) is 43.7 Å². The van der Waals surface area contributed by atoms with Crippen LogP contribution in [0.5, 0.6) is 0 Å². The normalized spacial score (nSPS) is 11.5. The lowest BCUT2D eigenvalue weighted by Gasteiger charge is -2.24. The van der Waals surface area contributed by atoms with Crippen molar-refractivity contribution in [2.75, 3.05) is 22.4 Å². The molecule has 0 saturated carbocycles. The SMILES string of the molecule is Cc1c(Cl)cccc1N(CCCC(=O)Nc1ccc(C(C)C)cc1)S(C)(=O)=O. The molecule has 0 heterocycles. The Morgan fingerprint density at radius 3 is 2.36 bits per heavy atom. The number of benzene rings is 2. The molecule has 0 unspecified atom stereocenters. The molecule has 0 aliphatic carbocycles. The average molecular weight is 423 g/mol. The summed E-state index contributed by atoms with van der Waals surface area (Å²) in [5.74, 6) is 0.287. The van der Waals surface area contributed by atoms with E-state index in [1.54, 1.807) is 25.1 Å². The summed E-state index contributed by atoms with van der Waals surface area (Å²) >= 11 is 6.13. The highest BCUT2D eigenvalue weighted by molar-refractivity contribution is 7.92. The predicted octanol–water partition coefficient (Wildman–Crippen LogP) is 4.96. The maximum atomic E-state index is 12.2. The van der Waals surface area contributed by atoms with E-state index >= 15 is 0 Å². The first kappa shape index (κ1) is 22.2. The second-order valence-corrected chi connectivity index (χ2v) is 9.46. The Labute approximate surface area is 172 Å². The van der Waals surface area contributed by atoms with Crippen LogP contribution in [0.2, 0.25) is 5.02 Å². The molecule has 1 N–H and O–H groups in total. The standard InChI is InChI=1S/C21H27ClN2O3S/c1-15(2)17-10-12-18(13-11-17)23-21(25)9-6-14-24(28(4,26)27)20-8-5-7-19(22)16(20)3/h5,7-8,10-13,15H,6,9,14H2,1-4H3,(H,23,25). The highest BCUT2D eigenvalue weighted by Crippen LogP contribution is 2.28. The molecule has 2 aromatic carbocycles. The first-order valence-electron chi connectivity index (χ1n) is 9.22. The Hall–Kier alpha value is -2.05. The first-order valence-corrected chi connectivity index (χ1v) is 11.4. The molecule has 2 aromatic rings. The molecule has 0 aromatic heterocycles. The van der Waals surface area contributed by atoms with Crippen molar-refractivity contribution in [3.8, 4) is 0 Å². The molecular formula is C21H27ClN2O3S. The molecule has 28 heavy (non-hydrogen) atoms. The van der Waals surface area contributed by atoms with Crippen LogP contribution in [-0.2, 0) is 14.8 Å². The Balaban J connectivity index is 1.98. The van der Waals surface area contributed by atoms with Crippen LogP contribution in [-0.4, -0.2) is 27.1 Å². The number of hydrogen-bond acceptors (Lipinski definition) is 3. The number of amides is 1. The van der Waals surface area contributed by atoms with Gasteiger partial charge in [0.15, 0.2) is 0 Å². The first-order chi connectivity index (χ1) is 13.1. The molecule has 0 radical (unpaired) electrons. The number of halogens is 1. The summed E-state index contributed by atoms with van der Waals surface area (Å²) in [7, 11) is -3.48. The minimum Gasteiger partial charge on any atom is -0.326 e. The zero-order valence-corrected chi connectivity index (χ0v) is 18.3. The van der Waals surface area contributed by atoms with Crippen molar-refractivity contribution in [3.63, 3.8) is 0 Å². The number of carbonyl (C=O) groups is 1. The maximum Gasteiger partial charge on any atom is 0.232 e. The summed E-state index contributed by atoms with van der Waals surface area (Å²) in [6, 6.07) is 12.9. The van der Waals surface area contributed by atoms with Gasteiger partial charge in [-0.2, -0.15) is 0 Å². The second kappa shape index (κ2) is 9.43. The average Bonchev–Trinajstić information content (AvgIpc) is 2.61. The van der Waals surface area contributed by atoms with Gasteiger partial charge in [0.1, 0.15) is 0 Å². The van der Waals surface area contributed by atoms with Crippen molar-refractivity contribution in [1.82, 2.24) is 0 Å². The second-order valence-electron chi connectivity index (χ2n) is 7.15. The van der Waals surface area contributed by atoms with Gasteiger partial charge in [-0.25, -0.2) is 8.42 Å². The monoisotopic (exact) mass is 422 g/mol. The zero-order valence-electron chi connectivity index (χ0n) is 16.7. The Morgan fingerprint density at radius 1 is 1.14 bits per heavy atom. The lowest BCUT2D eigenvalue weighted by Crippen LogP contribution is -2.32. The summed E-state index contributed by atoms with van der Waals surface area (Å²) in [4.78, 5) is 12.2. The molecule has 0 aliphatic heterocycles. The molecule has 2 rings (SSSR count). The molecule has 7 heteroatoms. The van der Waals surface area contributed by atoms with E-state index < -0.39 is 10.0 Å². The molecule has 0 saturated heterocycles. The topological polar surface area (TPSA) is 66.5 Å². The van der Waals surface area contributed by atoms with E-state index in [1.807, 2.05) is 24.3 Å². The van der Waals surface area contributed by atoms with E-state index in [2.05, 4.69) is 19.2 Å². The summed E-state index contributed by atoms with van der Waals surface area (Å²) in [6.45, 7) is 6.22. The third-order valence-electron chi connectivity index (χ3n) is 4.53. The van der Waals surface area contributed by atoms with Gasteiger partial charge in [-0.15, -0.1) is 0 Å². The van der Waals surface area contributed by atoms with Crippen LogP contribution in [0.15, 0.2) is 42.5 Å². The minimum atomic E-state index is -3.48. The smallest absolute Gasteiger partial charge is 0.232 e. The van der Waals surface area contributed by atoms with Gasteiger partial charge in [0.05, 0.1) is 11.9 Å². The Bertz CT molecular complexity index is 925. The minimum absolute atomic E-state index is 0.145. The molecule has 152 valence electrons. The Kier molecular flexibility index (Phi) is 7.49. The summed E-state index contributed by atoms with van der Waals surface area (Å²) in [6.07, 6.45) is 1.77. The number of hydrogen-bond donors (Lipinski definition) is 1. The third-order valence-corrected chi connectivity index (χ3v) is 6.12. The zero-order chi connectivity index (χ0) is 20.9. The fraction of sp³-hybridized carbons (Fsp3) is 0.381. The number of anilines is 2. The van der Waals surface area contributed by atoms with Crippen LogP contribution in [0.4, 0.5) is 11.4 Å². The van der Waals surface area contributed by atoms with Gasteiger partial charge < -0.3 is 5.32 Å². The largest absolute Gasteiger partial charge is 0.326 e. The Morgan fingerprint density at radius 2 is 1.79 bits per heavy atom. The number of carbonyl (C=O) groups excluding carboxylic acids is 1. The van der Waals surface area contributed by atoms with E-state index in [4.69, 9.17) is 11.6 Å². The van der Waals surface area contributed by atoms with Gasteiger partial charge in [0, 0.05) is 23.7 Å². The van der Waals surface area contributed by atoms with Crippen molar-refractivity contribution in [2.45, 2.75) is 39.5 Å². The van der Waals surface area contributed by atoms with Gasteiger partial charge >= 0.3 is 0 Å². The lowest BCUT2D eigenvalue weighted by molar-refractivity contribution is -0.116. The van der Waals surface area contributed by atoms with E-state index in [0.717, 1.165) is 11.9 Å². The fourth-order valence-corrected chi connectivity index (χ4v) is 4.07. The number of rotatable bonds is 8. The summed E-state index contributed by atoms with van der Waals surface area (Å²) in [5.41, 5.74) is 3.18. The lowest BCUT2D eigenvalue weighted by atomic mass is 10.0. The van der Waals surface area contributed by atoms with Crippen LogP contribution in [0.25, 0.3) is 0 Å². The van der Waals surface area contributed by atoms with Crippen LogP contribution < -0.4 is 9.62 Å². The third kappa shape index (κ3) is 5.97. The molecule has 0 aliphatic rings. The van der Waals surface area contributed by atoms with Crippen molar-refractivity contribution in [3.05, 3.63) is 58.6 Å². The van der Waals surface area contributed by atoms with Crippen molar-refractivity contribution in [1.29, 1.82) is 0 Å². The van der Waals surface area contributed by atoms with Crippen LogP contribution >= 0.6 is 11.6 Å².